The van der Waals surface area contributed by atoms with Crippen molar-refractivity contribution in [2.75, 3.05) is 26.8 Å². The number of halogens is 1. The van der Waals surface area contributed by atoms with Gasteiger partial charge in [0.2, 0.25) is 5.91 Å². The van der Waals surface area contributed by atoms with Gasteiger partial charge in [0.1, 0.15) is 0 Å². The highest BCUT2D eigenvalue weighted by molar-refractivity contribution is 5.85. The van der Waals surface area contributed by atoms with Gasteiger partial charge in [0.15, 0.2) is 0 Å². The Balaban J connectivity index is 0.00000225. The van der Waals surface area contributed by atoms with E-state index in [1.54, 1.807) is 11.8 Å². The van der Waals surface area contributed by atoms with Crippen molar-refractivity contribution in [1.29, 1.82) is 0 Å². The highest BCUT2D eigenvalue weighted by Crippen LogP contribution is 2.18. The molecule has 1 amide bonds. The Kier molecular flexibility index (Phi) is 7.72. The summed E-state index contributed by atoms with van der Waals surface area (Å²) in [6.07, 6.45) is 3.32. The summed E-state index contributed by atoms with van der Waals surface area (Å²) in [4.78, 5) is 13.2. The fourth-order valence-corrected chi connectivity index (χ4v) is 1.87. The minimum absolute atomic E-state index is 0. The second-order valence-electron chi connectivity index (χ2n) is 4.39. The van der Waals surface area contributed by atoms with Gasteiger partial charge in [0.05, 0.1) is 6.04 Å². The number of nitrogens with zero attached hydrogens (tertiary/aromatic N) is 1. The highest BCUT2D eigenvalue weighted by Gasteiger charge is 2.17. The second kappa shape index (κ2) is 7.87. The molecule has 5 heteroatoms. The predicted octanol–water partition coefficient (Wildman–Crippen LogP) is 1.03. The van der Waals surface area contributed by atoms with Crippen LogP contribution in [0.5, 0.6) is 0 Å². The summed E-state index contributed by atoms with van der Waals surface area (Å²) in [6.45, 7) is 4.28. The SMILES string of the molecule is C[C@H](N)C(=O)N(C)CCC1CCOCC1.Cl. The number of hydrogen-bond donors (Lipinski definition) is 1. The summed E-state index contributed by atoms with van der Waals surface area (Å²) in [5.74, 6) is 0.740. The maximum absolute atomic E-state index is 11.5. The first-order chi connectivity index (χ1) is 7.11. The zero-order chi connectivity index (χ0) is 11.3. The van der Waals surface area contributed by atoms with Crippen molar-refractivity contribution in [3.05, 3.63) is 0 Å². The third-order valence-corrected chi connectivity index (χ3v) is 2.98. The van der Waals surface area contributed by atoms with E-state index in [4.69, 9.17) is 10.5 Å². The molecule has 96 valence electrons. The standard InChI is InChI=1S/C11H22N2O2.ClH/c1-9(12)11(14)13(2)6-3-10-4-7-15-8-5-10;/h9-10H,3-8,12H2,1-2H3;1H/t9-;/m0./s1. The van der Waals surface area contributed by atoms with E-state index in [9.17, 15) is 4.79 Å². The first-order valence-corrected chi connectivity index (χ1v) is 5.69. The summed E-state index contributed by atoms with van der Waals surface area (Å²) in [5, 5.41) is 0. The number of carbonyl (C=O) groups is 1. The minimum atomic E-state index is -0.385. The van der Waals surface area contributed by atoms with Crippen molar-refractivity contribution >= 4 is 18.3 Å². The van der Waals surface area contributed by atoms with Crippen LogP contribution in [0, 0.1) is 5.92 Å². The fraction of sp³-hybridized carbons (Fsp3) is 0.909. The normalized spacial score (nSPS) is 18.7. The molecule has 1 atom stereocenters. The summed E-state index contributed by atoms with van der Waals surface area (Å²) < 4.78 is 5.29. The largest absolute Gasteiger partial charge is 0.381 e. The fourth-order valence-electron chi connectivity index (χ4n) is 1.87. The van der Waals surface area contributed by atoms with Crippen LogP contribution < -0.4 is 5.73 Å². The van der Waals surface area contributed by atoms with E-state index in [0.717, 1.165) is 39.0 Å². The van der Waals surface area contributed by atoms with Gasteiger partial charge >= 0.3 is 0 Å². The average Bonchev–Trinajstić information content (AvgIpc) is 2.26. The third-order valence-electron chi connectivity index (χ3n) is 2.98. The average molecular weight is 251 g/mol. The molecule has 1 heterocycles. The second-order valence-corrected chi connectivity index (χ2v) is 4.39. The van der Waals surface area contributed by atoms with Crippen molar-refractivity contribution in [3.8, 4) is 0 Å². The summed E-state index contributed by atoms with van der Waals surface area (Å²) in [5.41, 5.74) is 5.53. The van der Waals surface area contributed by atoms with Crippen LogP contribution in [0.15, 0.2) is 0 Å². The smallest absolute Gasteiger partial charge is 0.238 e. The Bertz CT molecular complexity index is 206. The molecule has 0 spiro atoms. The highest BCUT2D eigenvalue weighted by atomic mass is 35.5. The van der Waals surface area contributed by atoms with Crippen LogP contribution >= 0.6 is 12.4 Å². The molecule has 0 unspecified atom stereocenters. The lowest BCUT2D eigenvalue weighted by atomic mass is 9.96. The number of likely N-dealkylation sites (N-methyl/N-ethyl adjacent to an activating group) is 1. The van der Waals surface area contributed by atoms with Crippen molar-refractivity contribution in [2.45, 2.75) is 32.2 Å². The van der Waals surface area contributed by atoms with Crippen LogP contribution in [-0.4, -0.2) is 43.7 Å². The van der Waals surface area contributed by atoms with Crippen LogP contribution in [-0.2, 0) is 9.53 Å². The predicted molar refractivity (Wildman–Crippen MR) is 66.7 cm³/mol. The van der Waals surface area contributed by atoms with E-state index in [1.165, 1.54) is 0 Å². The van der Waals surface area contributed by atoms with E-state index in [0.29, 0.717) is 5.92 Å². The van der Waals surface area contributed by atoms with Gasteiger partial charge in [-0.25, -0.2) is 0 Å². The van der Waals surface area contributed by atoms with Crippen LogP contribution in [0.3, 0.4) is 0 Å². The Morgan fingerprint density at radius 1 is 1.50 bits per heavy atom. The lowest BCUT2D eigenvalue weighted by molar-refractivity contribution is -0.131. The molecule has 4 nitrogen and oxygen atoms in total. The van der Waals surface area contributed by atoms with E-state index >= 15 is 0 Å². The lowest BCUT2D eigenvalue weighted by Gasteiger charge is -2.25. The van der Waals surface area contributed by atoms with Gasteiger partial charge in [-0.15, -0.1) is 12.4 Å². The quantitative estimate of drug-likeness (QED) is 0.811. The Hall–Kier alpha value is -0.320. The molecule has 0 aromatic carbocycles. The number of rotatable bonds is 4. The summed E-state index contributed by atoms with van der Waals surface area (Å²) in [7, 11) is 1.82. The summed E-state index contributed by atoms with van der Waals surface area (Å²) >= 11 is 0. The molecule has 16 heavy (non-hydrogen) atoms. The van der Waals surface area contributed by atoms with Gasteiger partial charge in [0.25, 0.3) is 0 Å². The first kappa shape index (κ1) is 15.7. The van der Waals surface area contributed by atoms with Crippen LogP contribution in [0.25, 0.3) is 0 Å². The van der Waals surface area contributed by atoms with Gasteiger partial charge in [-0.2, -0.15) is 0 Å². The first-order valence-electron chi connectivity index (χ1n) is 5.69. The van der Waals surface area contributed by atoms with E-state index in [-0.39, 0.29) is 24.4 Å². The van der Waals surface area contributed by atoms with Crippen LogP contribution in [0.4, 0.5) is 0 Å². The number of ether oxygens (including phenoxy) is 1. The topological polar surface area (TPSA) is 55.6 Å². The van der Waals surface area contributed by atoms with Crippen molar-refractivity contribution in [1.82, 2.24) is 4.90 Å². The summed E-state index contributed by atoms with van der Waals surface area (Å²) in [6, 6.07) is -0.385. The number of amides is 1. The van der Waals surface area contributed by atoms with Gasteiger partial charge in [0, 0.05) is 26.8 Å². The van der Waals surface area contributed by atoms with Crippen molar-refractivity contribution in [2.24, 2.45) is 11.7 Å². The van der Waals surface area contributed by atoms with E-state index < -0.39 is 0 Å². The molecular formula is C11H23ClN2O2. The van der Waals surface area contributed by atoms with Crippen LogP contribution in [0.1, 0.15) is 26.2 Å². The van der Waals surface area contributed by atoms with Crippen molar-refractivity contribution in [3.63, 3.8) is 0 Å². The molecule has 0 aliphatic carbocycles. The Morgan fingerprint density at radius 3 is 2.56 bits per heavy atom. The Morgan fingerprint density at radius 2 is 2.06 bits per heavy atom. The lowest BCUT2D eigenvalue weighted by Crippen LogP contribution is -2.40. The van der Waals surface area contributed by atoms with Gasteiger partial charge in [-0.05, 0) is 32.1 Å². The van der Waals surface area contributed by atoms with Gasteiger partial charge in [-0.1, -0.05) is 0 Å². The number of hydrogen-bond acceptors (Lipinski definition) is 3. The molecule has 1 rings (SSSR count). The number of nitrogens with two attached hydrogens (primary N) is 1. The van der Waals surface area contributed by atoms with E-state index in [1.807, 2.05) is 7.05 Å². The molecule has 1 aliphatic rings. The molecule has 2 N–H and O–H groups in total. The molecule has 0 bridgehead atoms. The molecule has 0 saturated carbocycles. The number of carbonyl (C=O) groups excluding carboxylic acids is 1. The monoisotopic (exact) mass is 250 g/mol. The molecule has 0 radical (unpaired) electrons. The maximum Gasteiger partial charge on any atom is 0.238 e. The van der Waals surface area contributed by atoms with E-state index in [2.05, 4.69) is 0 Å². The molecular weight excluding hydrogens is 228 g/mol. The molecule has 1 aliphatic heterocycles. The molecule has 1 saturated heterocycles. The molecule has 0 aromatic rings. The van der Waals surface area contributed by atoms with Gasteiger partial charge < -0.3 is 15.4 Å². The Labute approximate surface area is 104 Å². The zero-order valence-electron chi connectivity index (χ0n) is 10.1. The molecule has 1 fully saturated rings. The zero-order valence-corrected chi connectivity index (χ0v) is 11.0. The van der Waals surface area contributed by atoms with Crippen molar-refractivity contribution < 1.29 is 9.53 Å². The minimum Gasteiger partial charge on any atom is -0.381 e. The molecule has 0 aromatic heterocycles. The van der Waals surface area contributed by atoms with Gasteiger partial charge in [-0.3, -0.25) is 4.79 Å². The third kappa shape index (κ3) is 5.14. The van der Waals surface area contributed by atoms with Crippen LogP contribution in [0.2, 0.25) is 0 Å². The maximum atomic E-state index is 11.5.